The van der Waals surface area contributed by atoms with Gasteiger partial charge in [0, 0.05) is 31.8 Å². The Morgan fingerprint density at radius 2 is 1.78 bits per heavy atom. The lowest BCUT2D eigenvalue weighted by atomic mass is 9.55. The molecule has 5 fully saturated rings. The summed E-state index contributed by atoms with van der Waals surface area (Å²) in [6, 6.07) is 0. The molecule has 234 valence electrons. The first-order chi connectivity index (χ1) is 19.5. The average molecular weight is 586 g/mol. The molecule has 0 amide bonds. The largest absolute Gasteiger partial charge is 0.394 e. The summed E-state index contributed by atoms with van der Waals surface area (Å²) in [4.78, 5) is 27.5. The minimum absolute atomic E-state index is 0.0223. The number of ether oxygens (including phenoxy) is 3. The van der Waals surface area contributed by atoms with Crippen molar-refractivity contribution in [2.24, 2.45) is 41.2 Å². The minimum atomic E-state index is -1.92. The van der Waals surface area contributed by atoms with Gasteiger partial charge in [0.1, 0.15) is 41.6 Å². The maximum absolute atomic E-state index is 13.9. The van der Waals surface area contributed by atoms with Gasteiger partial charge in [-0.25, -0.2) is 0 Å². The molecule has 12 heteroatoms. The van der Waals surface area contributed by atoms with Crippen molar-refractivity contribution in [1.82, 2.24) is 0 Å². The van der Waals surface area contributed by atoms with Crippen molar-refractivity contribution < 1.29 is 54.6 Å². The number of carbonyl (C=O) groups is 2. The molecule has 3 saturated carbocycles. The SMILES string of the molecule is COC1CC(OC2OC(CO)C(O)(CCC3CC[NH2+]C(N)C3)C(O)C2O)C2C(=O)C3C(O)CC(C)CC3C(=O)C2C1. The third-order valence-corrected chi connectivity index (χ3v) is 10.8. The van der Waals surface area contributed by atoms with Crippen LogP contribution in [0.5, 0.6) is 0 Å². The number of rotatable bonds is 7. The van der Waals surface area contributed by atoms with Gasteiger partial charge in [-0.05, 0) is 50.4 Å². The second-order valence-electron chi connectivity index (χ2n) is 13.4. The number of nitrogens with two attached hydrogens (primary N) is 2. The van der Waals surface area contributed by atoms with Crippen LogP contribution in [0.15, 0.2) is 0 Å². The predicted octanol–water partition coefficient (Wildman–Crippen LogP) is -2.20. The molecule has 12 nitrogen and oxygen atoms in total. The van der Waals surface area contributed by atoms with Crippen LogP contribution in [0.1, 0.15) is 58.3 Å². The van der Waals surface area contributed by atoms with E-state index >= 15 is 0 Å². The lowest BCUT2D eigenvalue weighted by molar-refractivity contribution is -0.699. The van der Waals surface area contributed by atoms with Crippen molar-refractivity contribution in [2.75, 3.05) is 20.3 Å². The number of quaternary nitrogens is 1. The number of hydrogen-bond donors (Lipinski definition) is 7. The highest BCUT2D eigenvalue weighted by Gasteiger charge is 2.60. The van der Waals surface area contributed by atoms with E-state index in [4.69, 9.17) is 19.9 Å². The number of piperidine rings is 1. The lowest BCUT2D eigenvalue weighted by Crippen LogP contribution is -2.94. The molecule has 0 radical (unpaired) electrons. The van der Waals surface area contributed by atoms with E-state index in [0.717, 1.165) is 19.4 Å². The van der Waals surface area contributed by atoms with E-state index in [9.17, 15) is 35.1 Å². The van der Waals surface area contributed by atoms with Gasteiger partial charge in [0.2, 0.25) is 0 Å². The number of ketones is 2. The zero-order valence-electron chi connectivity index (χ0n) is 24.1. The molecule has 0 aromatic carbocycles. The molecule has 0 aromatic heterocycles. The monoisotopic (exact) mass is 585 g/mol. The number of aliphatic hydroxyl groups is 5. The predicted molar refractivity (Wildman–Crippen MR) is 143 cm³/mol. The van der Waals surface area contributed by atoms with Gasteiger partial charge in [0.25, 0.3) is 0 Å². The minimum Gasteiger partial charge on any atom is -0.394 e. The molecule has 0 spiro atoms. The Labute approximate surface area is 240 Å². The van der Waals surface area contributed by atoms with Crippen LogP contribution in [0.3, 0.4) is 0 Å². The van der Waals surface area contributed by atoms with Crippen LogP contribution in [0, 0.1) is 35.5 Å². The van der Waals surface area contributed by atoms with Gasteiger partial charge >= 0.3 is 0 Å². The Balaban J connectivity index is 1.33. The lowest BCUT2D eigenvalue weighted by Gasteiger charge is -2.52. The summed E-state index contributed by atoms with van der Waals surface area (Å²) in [7, 11) is 1.53. The van der Waals surface area contributed by atoms with Crippen molar-refractivity contribution in [3.8, 4) is 0 Å². The third-order valence-electron chi connectivity index (χ3n) is 10.8. The summed E-state index contributed by atoms with van der Waals surface area (Å²) in [6.07, 6.45) is -4.36. The molecule has 0 bridgehead atoms. The summed E-state index contributed by atoms with van der Waals surface area (Å²) in [5.74, 6) is -2.76. The van der Waals surface area contributed by atoms with Gasteiger partial charge in [-0.2, -0.15) is 0 Å². The normalized spacial score (nSPS) is 50.7. The van der Waals surface area contributed by atoms with Crippen LogP contribution in [0.25, 0.3) is 0 Å². The molecule has 5 rings (SSSR count). The highest BCUT2D eigenvalue weighted by atomic mass is 16.7. The van der Waals surface area contributed by atoms with E-state index in [0.29, 0.717) is 25.7 Å². The fraction of sp³-hybridized carbons (Fsp3) is 0.931. The average Bonchev–Trinajstić information content (AvgIpc) is 2.94. The molecular formula is C29H49N2O10+. The first-order valence-corrected chi connectivity index (χ1v) is 15.4. The van der Waals surface area contributed by atoms with Crippen molar-refractivity contribution in [2.45, 2.75) is 113 Å². The van der Waals surface area contributed by atoms with Crippen LogP contribution in [0.4, 0.5) is 0 Å². The summed E-state index contributed by atoms with van der Waals surface area (Å²) < 4.78 is 17.7. The second-order valence-corrected chi connectivity index (χ2v) is 13.4. The highest BCUT2D eigenvalue weighted by molar-refractivity contribution is 6.00. The molecule has 2 saturated heterocycles. The standard InChI is InChI=1S/C29H48N2O10/c1-13-7-16-22(18(33)8-13)25(35)23-17(24(16)34)10-15(39-2)11-19(23)40-28-26(36)27(37)29(38,20(12-32)41-28)5-3-14-4-6-31-21(30)9-14/h13-23,26-28,31-33,36-38H,3-12,30H2,1-2H3/p+1. The third kappa shape index (κ3) is 5.90. The molecule has 9 N–H and O–H groups in total. The van der Waals surface area contributed by atoms with Crippen LogP contribution in [-0.2, 0) is 23.8 Å². The molecule has 15 unspecified atom stereocenters. The fourth-order valence-electron chi connectivity index (χ4n) is 8.51. The van der Waals surface area contributed by atoms with E-state index in [-0.39, 0.29) is 48.5 Å². The van der Waals surface area contributed by atoms with E-state index in [2.05, 4.69) is 5.32 Å². The van der Waals surface area contributed by atoms with E-state index < -0.39 is 72.7 Å². The zero-order valence-corrected chi connectivity index (χ0v) is 24.1. The van der Waals surface area contributed by atoms with Crippen LogP contribution < -0.4 is 11.1 Å². The van der Waals surface area contributed by atoms with Gasteiger partial charge < -0.3 is 45.1 Å². The zero-order chi connectivity index (χ0) is 29.6. The second kappa shape index (κ2) is 12.5. The van der Waals surface area contributed by atoms with Crippen molar-refractivity contribution >= 4 is 11.6 Å². The Kier molecular flexibility index (Phi) is 9.57. The van der Waals surface area contributed by atoms with E-state index in [1.807, 2.05) is 6.92 Å². The Bertz CT molecular complexity index is 951. The number of fused-ring (bicyclic) bond motifs is 2. The molecule has 2 heterocycles. The highest BCUT2D eigenvalue weighted by Crippen LogP contribution is 2.49. The first kappa shape index (κ1) is 31.4. The van der Waals surface area contributed by atoms with E-state index in [1.54, 1.807) is 0 Å². The number of carbonyl (C=O) groups excluding carboxylic acids is 2. The Morgan fingerprint density at radius 3 is 2.46 bits per heavy atom. The Morgan fingerprint density at radius 1 is 1.05 bits per heavy atom. The maximum Gasteiger partial charge on any atom is 0.187 e. The van der Waals surface area contributed by atoms with Gasteiger partial charge in [0.15, 0.2) is 6.29 Å². The van der Waals surface area contributed by atoms with Crippen molar-refractivity contribution in [1.29, 1.82) is 0 Å². The molecule has 2 aliphatic heterocycles. The van der Waals surface area contributed by atoms with Gasteiger partial charge in [-0.1, -0.05) is 6.92 Å². The first-order valence-electron chi connectivity index (χ1n) is 15.4. The molecule has 3 aliphatic carbocycles. The fourth-order valence-corrected chi connectivity index (χ4v) is 8.51. The number of hydrogen-bond acceptors (Lipinski definition) is 11. The summed E-state index contributed by atoms with van der Waals surface area (Å²) in [5.41, 5.74) is 4.13. The maximum atomic E-state index is 13.9. The van der Waals surface area contributed by atoms with Crippen LogP contribution in [-0.4, -0.2) is 112 Å². The molecule has 0 aromatic rings. The molecular weight excluding hydrogens is 536 g/mol. The van der Waals surface area contributed by atoms with Crippen LogP contribution >= 0.6 is 0 Å². The molecule has 5 aliphatic rings. The van der Waals surface area contributed by atoms with Gasteiger partial charge in [-0.15, -0.1) is 0 Å². The Hall–Kier alpha value is -1.06. The molecule has 15 atom stereocenters. The topological polar surface area (TPSA) is 206 Å². The quantitative estimate of drug-likeness (QED) is 0.171. The van der Waals surface area contributed by atoms with Crippen molar-refractivity contribution in [3.63, 3.8) is 0 Å². The summed E-state index contributed by atoms with van der Waals surface area (Å²) in [5, 5.41) is 56.8. The smallest absolute Gasteiger partial charge is 0.187 e. The van der Waals surface area contributed by atoms with Crippen LogP contribution in [0.2, 0.25) is 0 Å². The molecule has 41 heavy (non-hydrogen) atoms. The van der Waals surface area contributed by atoms with Gasteiger partial charge in [-0.3, -0.25) is 15.3 Å². The van der Waals surface area contributed by atoms with Gasteiger partial charge in [0.05, 0.1) is 43.3 Å². The summed E-state index contributed by atoms with van der Waals surface area (Å²) >= 11 is 0. The van der Waals surface area contributed by atoms with Crippen molar-refractivity contribution in [3.05, 3.63) is 0 Å². The number of methoxy groups -OCH3 is 1. The van der Waals surface area contributed by atoms with E-state index in [1.165, 1.54) is 7.11 Å². The number of aliphatic hydroxyl groups excluding tert-OH is 4. The number of Topliss-reactive ketones (excluding diaryl/α,β-unsaturated/α-hetero) is 2. The summed E-state index contributed by atoms with van der Waals surface area (Å²) in [6.45, 7) is 2.22.